The SMILES string of the molecule is C=CC(=O)N[C@@H](C)c1cc(-c2nc(-c3ccc4cn(C)nc4c3)c3c(F)csc3c2-c2c(F)cc(F)cc2OC[C@@H](C)O)n[nH]1. The highest BCUT2D eigenvalue weighted by Gasteiger charge is 2.28. The lowest BCUT2D eigenvalue weighted by molar-refractivity contribution is -0.117. The molecule has 0 bridgehead atoms. The van der Waals surface area contributed by atoms with Gasteiger partial charge < -0.3 is 15.2 Å². The van der Waals surface area contributed by atoms with Gasteiger partial charge in [-0.25, -0.2) is 18.2 Å². The van der Waals surface area contributed by atoms with E-state index < -0.39 is 35.5 Å². The molecular weight excluding hydrogens is 605 g/mol. The Bertz CT molecular complexity index is 2100. The summed E-state index contributed by atoms with van der Waals surface area (Å²) in [6.45, 7) is 6.42. The van der Waals surface area contributed by atoms with Crippen LogP contribution < -0.4 is 10.1 Å². The lowest BCUT2D eigenvalue weighted by Crippen LogP contribution is -2.24. The number of amides is 1. The fourth-order valence-corrected chi connectivity index (χ4v) is 6.10. The Morgan fingerprint density at radius 1 is 1.16 bits per heavy atom. The number of H-pyrrole nitrogens is 1. The first kappa shape index (κ1) is 30.0. The first-order valence-corrected chi connectivity index (χ1v) is 14.7. The topological polar surface area (TPSA) is 118 Å². The number of carbonyl (C=O) groups is 1. The fraction of sp³-hybridized carbons (Fsp3) is 0.188. The monoisotopic (exact) mass is 632 g/mol. The predicted molar refractivity (Wildman–Crippen MR) is 166 cm³/mol. The summed E-state index contributed by atoms with van der Waals surface area (Å²) in [5, 5.41) is 26.7. The summed E-state index contributed by atoms with van der Waals surface area (Å²) in [5.41, 5.74) is 2.35. The molecule has 0 saturated carbocycles. The van der Waals surface area contributed by atoms with Gasteiger partial charge in [-0.3, -0.25) is 14.6 Å². The number of aliphatic hydroxyl groups is 1. The molecule has 2 aromatic carbocycles. The number of aryl methyl sites for hydroxylation is 1. The largest absolute Gasteiger partial charge is 0.490 e. The fourth-order valence-electron chi connectivity index (χ4n) is 5.13. The number of carbonyl (C=O) groups excluding carboxylic acids is 1. The van der Waals surface area contributed by atoms with Crippen molar-refractivity contribution in [3.8, 4) is 39.5 Å². The molecule has 1 amide bonds. The third kappa shape index (κ3) is 5.67. The highest BCUT2D eigenvalue weighted by molar-refractivity contribution is 7.18. The number of pyridine rings is 1. The van der Waals surface area contributed by atoms with Crippen LogP contribution in [0.3, 0.4) is 0 Å². The lowest BCUT2D eigenvalue weighted by atomic mass is 9.96. The van der Waals surface area contributed by atoms with Gasteiger partial charge >= 0.3 is 0 Å². The molecule has 0 saturated heterocycles. The Labute approximate surface area is 259 Å². The molecule has 0 radical (unpaired) electrons. The molecule has 6 aromatic rings. The maximum Gasteiger partial charge on any atom is 0.243 e. The number of hydrogen-bond donors (Lipinski definition) is 3. The van der Waals surface area contributed by atoms with E-state index in [-0.39, 0.29) is 46.0 Å². The molecule has 3 N–H and O–H groups in total. The van der Waals surface area contributed by atoms with Crippen molar-refractivity contribution >= 4 is 38.2 Å². The average Bonchev–Trinajstić information content (AvgIpc) is 3.73. The average molecular weight is 633 g/mol. The Hall–Kier alpha value is -5.01. The number of benzene rings is 2. The minimum absolute atomic E-state index is 0.125. The molecule has 13 heteroatoms. The standard InChI is InChI=1S/C32H27F3N6O3S/c1-5-26(43)36-16(3)22-11-24(39-38-22)31-29(27-20(34)9-19(33)10-25(27)44-13-15(2)42)32-28(21(35)14-45-32)30(37-31)17-6-7-18-12-41(4)40-23(18)8-17/h5-12,14-16,42H,1,13H2,2-4H3,(H,36,43)(H,38,39)/t15-,16+/m1/s1. The van der Waals surface area contributed by atoms with Crippen molar-refractivity contribution in [3.63, 3.8) is 0 Å². The summed E-state index contributed by atoms with van der Waals surface area (Å²) in [7, 11) is 1.80. The Balaban J connectivity index is 1.65. The number of thiophene rings is 1. The van der Waals surface area contributed by atoms with Crippen LogP contribution in [-0.4, -0.2) is 48.7 Å². The summed E-state index contributed by atoms with van der Waals surface area (Å²) < 4.78 is 53.7. The number of hydrogen-bond acceptors (Lipinski definition) is 7. The van der Waals surface area contributed by atoms with Gasteiger partial charge in [-0.1, -0.05) is 18.7 Å². The number of aromatic amines is 1. The zero-order valence-corrected chi connectivity index (χ0v) is 25.2. The van der Waals surface area contributed by atoms with E-state index in [0.717, 1.165) is 28.9 Å². The number of rotatable bonds is 9. The lowest BCUT2D eigenvalue weighted by Gasteiger charge is -2.18. The molecule has 0 fully saturated rings. The van der Waals surface area contributed by atoms with Crippen molar-refractivity contribution in [2.24, 2.45) is 7.05 Å². The smallest absolute Gasteiger partial charge is 0.243 e. The molecule has 0 aliphatic heterocycles. The van der Waals surface area contributed by atoms with Crippen molar-refractivity contribution in [1.29, 1.82) is 0 Å². The molecule has 4 aromatic heterocycles. The van der Waals surface area contributed by atoms with Gasteiger partial charge in [0.25, 0.3) is 0 Å². The van der Waals surface area contributed by atoms with E-state index in [1.807, 2.05) is 12.3 Å². The first-order valence-electron chi connectivity index (χ1n) is 13.9. The molecule has 0 unspecified atom stereocenters. The van der Waals surface area contributed by atoms with Crippen LogP contribution in [0.4, 0.5) is 13.2 Å². The number of halogens is 3. The minimum atomic E-state index is -0.973. The Morgan fingerprint density at radius 2 is 1.96 bits per heavy atom. The quantitative estimate of drug-likeness (QED) is 0.158. The van der Waals surface area contributed by atoms with E-state index in [0.29, 0.717) is 27.5 Å². The van der Waals surface area contributed by atoms with Gasteiger partial charge in [0.2, 0.25) is 5.91 Å². The van der Waals surface area contributed by atoms with Crippen molar-refractivity contribution in [3.05, 3.63) is 83.8 Å². The molecule has 0 aliphatic rings. The maximum absolute atomic E-state index is 15.9. The van der Waals surface area contributed by atoms with Crippen molar-refractivity contribution in [2.45, 2.75) is 26.0 Å². The Kier molecular flexibility index (Phi) is 7.89. The molecule has 230 valence electrons. The highest BCUT2D eigenvalue weighted by Crippen LogP contribution is 2.48. The third-order valence-electron chi connectivity index (χ3n) is 7.17. The van der Waals surface area contributed by atoms with Crippen molar-refractivity contribution < 1.29 is 27.8 Å². The predicted octanol–water partition coefficient (Wildman–Crippen LogP) is 6.45. The highest BCUT2D eigenvalue weighted by atomic mass is 32.1. The molecule has 2 atom stereocenters. The van der Waals surface area contributed by atoms with Gasteiger partial charge in [-0.2, -0.15) is 10.2 Å². The van der Waals surface area contributed by atoms with Crippen LogP contribution in [0.25, 0.3) is 54.8 Å². The van der Waals surface area contributed by atoms with Crippen LogP contribution in [0.5, 0.6) is 5.75 Å². The van der Waals surface area contributed by atoms with Crippen LogP contribution in [0.15, 0.2) is 60.6 Å². The second kappa shape index (κ2) is 11.8. The summed E-state index contributed by atoms with van der Waals surface area (Å²) in [4.78, 5) is 16.8. The molecule has 4 heterocycles. The molecule has 0 aliphatic carbocycles. The van der Waals surface area contributed by atoms with E-state index in [9.17, 15) is 14.3 Å². The maximum atomic E-state index is 15.9. The summed E-state index contributed by atoms with van der Waals surface area (Å²) in [6, 6.07) is 8.27. The number of aromatic nitrogens is 5. The molecule has 6 rings (SSSR count). The van der Waals surface area contributed by atoms with Gasteiger partial charge in [0, 0.05) is 52.0 Å². The van der Waals surface area contributed by atoms with Gasteiger partial charge in [0.1, 0.15) is 41.2 Å². The first-order chi connectivity index (χ1) is 21.5. The zero-order chi connectivity index (χ0) is 32.0. The van der Waals surface area contributed by atoms with E-state index >= 15 is 8.78 Å². The zero-order valence-electron chi connectivity index (χ0n) is 24.4. The van der Waals surface area contributed by atoms with Crippen molar-refractivity contribution in [1.82, 2.24) is 30.3 Å². The number of aliphatic hydroxyl groups excluding tert-OH is 1. The molecule has 9 nitrogen and oxygen atoms in total. The molecule has 45 heavy (non-hydrogen) atoms. The molecule has 0 spiro atoms. The second-order valence-electron chi connectivity index (χ2n) is 10.6. The van der Waals surface area contributed by atoms with Crippen molar-refractivity contribution in [2.75, 3.05) is 6.61 Å². The number of fused-ring (bicyclic) bond motifs is 2. The van der Waals surface area contributed by atoms with E-state index in [4.69, 9.17) is 9.72 Å². The van der Waals surface area contributed by atoms with Gasteiger partial charge in [-0.05, 0) is 32.1 Å². The van der Waals surface area contributed by atoms with Gasteiger partial charge in [-0.15, -0.1) is 11.3 Å². The van der Waals surface area contributed by atoms with E-state index in [1.54, 1.807) is 36.9 Å². The van der Waals surface area contributed by atoms with Gasteiger partial charge in [0.15, 0.2) is 0 Å². The van der Waals surface area contributed by atoms with E-state index in [2.05, 4.69) is 27.2 Å². The van der Waals surface area contributed by atoms with Crippen LogP contribution in [0.1, 0.15) is 25.6 Å². The molecular formula is C32H27F3N6O3S. The van der Waals surface area contributed by atoms with Crippen LogP contribution >= 0.6 is 11.3 Å². The minimum Gasteiger partial charge on any atom is -0.490 e. The number of ether oxygens (including phenoxy) is 1. The number of nitrogens with one attached hydrogen (secondary N) is 2. The summed E-state index contributed by atoms with van der Waals surface area (Å²) in [5.74, 6) is -3.04. The van der Waals surface area contributed by atoms with Gasteiger partial charge in [0.05, 0.1) is 40.0 Å². The second-order valence-corrected chi connectivity index (χ2v) is 11.5. The number of nitrogens with zero attached hydrogens (tertiary/aromatic N) is 4. The van der Waals surface area contributed by atoms with Crippen LogP contribution in [-0.2, 0) is 11.8 Å². The van der Waals surface area contributed by atoms with E-state index in [1.165, 1.54) is 12.3 Å². The Morgan fingerprint density at radius 3 is 2.71 bits per heavy atom. The van der Waals surface area contributed by atoms with Crippen LogP contribution in [0, 0.1) is 17.5 Å². The van der Waals surface area contributed by atoms with Crippen LogP contribution in [0.2, 0.25) is 0 Å². The summed E-state index contributed by atoms with van der Waals surface area (Å²) in [6.07, 6.45) is 2.06. The third-order valence-corrected chi connectivity index (χ3v) is 8.13. The normalized spacial score (nSPS) is 12.9. The summed E-state index contributed by atoms with van der Waals surface area (Å²) >= 11 is 1.03.